The minimum absolute atomic E-state index is 1.16. The third-order valence-corrected chi connectivity index (χ3v) is 14.4. The van der Waals surface area contributed by atoms with Crippen LogP contribution in [0.1, 0.15) is 0 Å². The number of fused-ring (bicyclic) bond motifs is 12. The molecule has 14 aromatic rings. The number of aryl methyl sites for hydroxylation is 2. The van der Waals surface area contributed by atoms with Crippen LogP contribution >= 0.6 is 0 Å². The first-order valence-corrected chi connectivity index (χ1v) is 22.8. The van der Waals surface area contributed by atoms with Crippen molar-refractivity contribution in [1.29, 1.82) is 0 Å². The lowest BCUT2D eigenvalue weighted by atomic mass is 10.0. The van der Waals surface area contributed by atoms with Gasteiger partial charge in [-0.2, -0.15) is 0 Å². The molecule has 0 aliphatic carbocycles. The van der Waals surface area contributed by atoms with Crippen molar-refractivity contribution in [2.45, 2.75) is 0 Å². The zero-order valence-corrected chi connectivity index (χ0v) is 36.6. The Balaban J connectivity index is 0.900. The van der Waals surface area contributed by atoms with Crippen LogP contribution < -0.4 is 0 Å². The number of benzene rings is 10. The first-order chi connectivity index (χ1) is 32.6. The number of para-hydroxylation sites is 2. The quantitative estimate of drug-likeness (QED) is 0.164. The first kappa shape index (κ1) is 36.8. The summed E-state index contributed by atoms with van der Waals surface area (Å²) in [5, 5.41) is 10.0. The molecule has 310 valence electrons. The van der Waals surface area contributed by atoms with E-state index in [2.05, 4.69) is 251 Å². The van der Waals surface area contributed by atoms with E-state index >= 15 is 0 Å². The van der Waals surface area contributed by atoms with Crippen LogP contribution in [0.4, 0.5) is 0 Å². The smallest absolute Gasteiger partial charge is 0.0541 e. The summed E-state index contributed by atoms with van der Waals surface area (Å²) in [6.45, 7) is 0. The topological polar surface area (TPSA) is 19.7 Å². The Bertz CT molecular complexity index is 4010. The molecule has 0 N–H and O–H groups in total. The molecular weight excluding hydrogens is 801 g/mol. The highest BCUT2D eigenvalue weighted by molar-refractivity contribution is 6.15. The molecule has 0 radical (unpaired) electrons. The average Bonchev–Trinajstić information content (AvgIpc) is 4.07. The van der Waals surface area contributed by atoms with Crippen LogP contribution in [0.25, 0.3) is 132 Å². The maximum absolute atomic E-state index is 2.44. The Morgan fingerprint density at radius 2 is 0.500 bits per heavy atom. The fourth-order valence-corrected chi connectivity index (χ4v) is 11.2. The van der Waals surface area contributed by atoms with Gasteiger partial charge in [0.15, 0.2) is 0 Å². The maximum Gasteiger partial charge on any atom is 0.0541 e. The minimum atomic E-state index is 1.16. The third kappa shape index (κ3) is 5.33. The Hall–Kier alpha value is -8.60. The highest BCUT2D eigenvalue weighted by atomic mass is 15.0. The summed E-state index contributed by atoms with van der Waals surface area (Å²) in [5.74, 6) is 0. The van der Waals surface area contributed by atoms with Crippen LogP contribution in [0, 0.1) is 0 Å². The Morgan fingerprint density at radius 1 is 0.212 bits per heavy atom. The fourth-order valence-electron chi connectivity index (χ4n) is 11.2. The highest BCUT2D eigenvalue weighted by Gasteiger charge is 2.19. The number of aromatic nitrogens is 4. The molecular formula is C62H42N4. The van der Waals surface area contributed by atoms with E-state index in [9.17, 15) is 0 Å². The van der Waals surface area contributed by atoms with Crippen LogP contribution in [0.15, 0.2) is 218 Å². The predicted molar refractivity (Wildman–Crippen MR) is 279 cm³/mol. The molecule has 0 bridgehead atoms. The van der Waals surface area contributed by atoms with Gasteiger partial charge in [0.2, 0.25) is 0 Å². The van der Waals surface area contributed by atoms with Gasteiger partial charge < -0.3 is 18.3 Å². The molecule has 0 saturated carbocycles. The number of hydrogen-bond donors (Lipinski definition) is 0. The molecule has 4 aromatic heterocycles. The standard InChI is InChI=1S/C62H42N4/c1-63-55-27-21-41(39-13-5-3-6-14-39)33-51(55)53-37-45(25-31-57(53)63)65-59-19-11-9-17-47(59)49-35-43(23-29-61(49)65)44-24-30-62-50(36-44)48-18-10-12-20-60(48)66(62)46-26-32-58-54(38-46)52-34-42(22-28-56(52)64(58)2)40-15-7-4-8-16-40/h3-38H,1-2H3. The summed E-state index contributed by atoms with van der Waals surface area (Å²) in [6, 6.07) is 80.7. The van der Waals surface area contributed by atoms with Crippen LogP contribution in [0.3, 0.4) is 0 Å². The minimum Gasteiger partial charge on any atom is -0.344 e. The van der Waals surface area contributed by atoms with Gasteiger partial charge in [0.05, 0.1) is 22.1 Å². The summed E-state index contributed by atoms with van der Waals surface area (Å²) < 4.78 is 9.53. The Labute approximate surface area is 381 Å². The van der Waals surface area contributed by atoms with E-state index in [1.807, 2.05) is 0 Å². The molecule has 10 aromatic carbocycles. The zero-order chi connectivity index (χ0) is 43.6. The fraction of sp³-hybridized carbons (Fsp3) is 0.0323. The molecule has 4 nitrogen and oxygen atoms in total. The van der Waals surface area contributed by atoms with Crippen LogP contribution in [-0.2, 0) is 14.1 Å². The second-order valence-corrected chi connectivity index (χ2v) is 17.9. The predicted octanol–water partition coefficient (Wildman–Crippen LogP) is 16.2. The average molecular weight is 843 g/mol. The second-order valence-electron chi connectivity index (χ2n) is 17.9. The molecule has 0 spiro atoms. The molecule has 0 unspecified atom stereocenters. The van der Waals surface area contributed by atoms with E-state index in [-0.39, 0.29) is 0 Å². The molecule has 0 aliphatic heterocycles. The van der Waals surface area contributed by atoms with Crippen molar-refractivity contribution >= 4 is 87.2 Å². The van der Waals surface area contributed by atoms with Gasteiger partial charge in [-0.15, -0.1) is 0 Å². The molecule has 0 fully saturated rings. The van der Waals surface area contributed by atoms with Crippen molar-refractivity contribution in [2.24, 2.45) is 14.1 Å². The Kier molecular flexibility index (Phi) is 7.79. The van der Waals surface area contributed by atoms with Crippen molar-refractivity contribution in [3.8, 4) is 44.8 Å². The van der Waals surface area contributed by atoms with Gasteiger partial charge in [-0.05, 0) is 130 Å². The summed E-state index contributed by atoms with van der Waals surface area (Å²) in [5.41, 5.74) is 19.4. The van der Waals surface area contributed by atoms with E-state index in [0.29, 0.717) is 0 Å². The first-order valence-electron chi connectivity index (χ1n) is 22.8. The third-order valence-electron chi connectivity index (χ3n) is 14.4. The summed E-state index contributed by atoms with van der Waals surface area (Å²) >= 11 is 0. The molecule has 66 heavy (non-hydrogen) atoms. The molecule has 14 rings (SSSR count). The monoisotopic (exact) mass is 842 g/mol. The molecule has 0 saturated heterocycles. The molecule has 0 amide bonds. The van der Waals surface area contributed by atoms with Gasteiger partial charge in [-0.25, -0.2) is 0 Å². The second kappa shape index (κ2) is 13.9. The molecule has 4 heteroatoms. The van der Waals surface area contributed by atoms with E-state index < -0.39 is 0 Å². The lowest BCUT2D eigenvalue weighted by Crippen LogP contribution is -1.94. The number of hydrogen-bond acceptors (Lipinski definition) is 0. The van der Waals surface area contributed by atoms with Gasteiger partial charge in [-0.1, -0.05) is 121 Å². The summed E-state index contributed by atoms with van der Waals surface area (Å²) in [4.78, 5) is 0. The van der Waals surface area contributed by atoms with E-state index in [0.717, 1.165) is 11.4 Å². The van der Waals surface area contributed by atoms with E-state index in [1.54, 1.807) is 0 Å². The zero-order valence-electron chi connectivity index (χ0n) is 36.6. The maximum atomic E-state index is 2.44. The lowest BCUT2D eigenvalue weighted by Gasteiger charge is -2.10. The van der Waals surface area contributed by atoms with Crippen LogP contribution in [0.2, 0.25) is 0 Å². The van der Waals surface area contributed by atoms with Gasteiger partial charge in [0.1, 0.15) is 0 Å². The van der Waals surface area contributed by atoms with Crippen molar-refractivity contribution in [1.82, 2.24) is 18.3 Å². The summed E-state index contributed by atoms with van der Waals surface area (Å²) in [7, 11) is 4.35. The van der Waals surface area contributed by atoms with Gasteiger partial charge in [-0.3, -0.25) is 0 Å². The lowest BCUT2D eigenvalue weighted by molar-refractivity contribution is 1.01. The largest absolute Gasteiger partial charge is 0.344 e. The van der Waals surface area contributed by atoms with Crippen LogP contribution in [-0.4, -0.2) is 18.3 Å². The normalized spacial score (nSPS) is 12.1. The molecule has 4 heterocycles. The molecule has 0 aliphatic rings. The number of rotatable bonds is 5. The Morgan fingerprint density at radius 3 is 0.909 bits per heavy atom. The van der Waals surface area contributed by atoms with Gasteiger partial charge >= 0.3 is 0 Å². The SMILES string of the molecule is Cn1c2ccc(-c3ccccc3)cc2c2cc(-n3c4ccccc4c4cc(-c5ccc6c(c5)c5ccccc5n6-c5ccc6c(c5)c5cc(-c7ccccc7)ccc5n6C)ccc43)ccc21. The summed E-state index contributed by atoms with van der Waals surface area (Å²) in [6.07, 6.45) is 0. The van der Waals surface area contributed by atoms with E-state index in [4.69, 9.17) is 0 Å². The van der Waals surface area contributed by atoms with Crippen LogP contribution in [0.5, 0.6) is 0 Å². The molecule has 0 atom stereocenters. The van der Waals surface area contributed by atoms with Crippen molar-refractivity contribution in [3.05, 3.63) is 218 Å². The van der Waals surface area contributed by atoms with Gasteiger partial charge in [0.25, 0.3) is 0 Å². The van der Waals surface area contributed by atoms with Crippen molar-refractivity contribution in [3.63, 3.8) is 0 Å². The van der Waals surface area contributed by atoms with Gasteiger partial charge in [0, 0.05) is 90.6 Å². The highest BCUT2D eigenvalue weighted by Crippen LogP contribution is 2.41. The van der Waals surface area contributed by atoms with Crippen molar-refractivity contribution in [2.75, 3.05) is 0 Å². The number of nitrogens with zero attached hydrogens (tertiary/aromatic N) is 4. The van der Waals surface area contributed by atoms with Crippen molar-refractivity contribution < 1.29 is 0 Å². The van der Waals surface area contributed by atoms with E-state index in [1.165, 1.54) is 121 Å².